The predicted octanol–water partition coefficient (Wildman–Crippen LogP) is 4.55. The summed E-state index contributed by atoms with van der Waals surface area (Å²) in [4.78, 5) is 38.6. The Balaban J connectivity index is 1.26. The minimum atomic E-state index is -0.340. The van der Waals surface area contributed by atoms with Crippen molar-refractivity contribution in [1.82, 2.24) is 15.5 Å². The first-order valence-electron chi connectivity index (χ1n) is 10.9. The van der Waals surface area contributed by atoms with Gasteiger partial charge in [-0.05, 0) is 66.8 Å². The van der Waals surface area contributed by atoms with Crippen LogP contribution in [0.2, 0.25) is 0 Å². The number of aromatic amines is 1. The van der Waals surface area contributed by atoms with Crippen molar-refractivity contribution >= 4 is 51.5 Å². The van der Waals surface area contributed by atoms with Crippen LogP contribution in [0.3, 0.4) is 0 Å². The van der Waals surface area contributed by atoms with Gasteiger partial charge in [0.2, 0.25) is 5.91 Å². The number of aromatic nitrogens is 2. The Hall–Kier alpha value is -3.98. The highest BCUT2D eigenvalue weighted by Gasteiger charge is 2.44. The number of H-pyrrole nitrogens is 1. The van der Waals surface area contributed by atoms with Gasteiger partial charge < -0.3 is 16.0 Å². The summed E-state index contributed by atoms with van der Waals surface area (Å²) in [5.41, 5.74) is 1.99. The number of hydrogen-bond donors (Lipinski definition) is 4. The van der Waals surface area contributed by atoms with Gasteiger partial charge in [0.25, 0.3) is 11.8 Å². The van der Waals surface area contributed by atoms with Gasteiger partial charge >= 0.3 is 0 Å². The summed E-state index contributed by atoms with van der Waals surface area (Å²) < 4.78 is 0. The third kappa shape index (κ3) is 4.55. The maximum absolute atomic E-state index is 12.8. The van der Waals surface area contributed by atoms with E-state index in [2.05, 4.69) is 26.1 Å². The van der Waals surface area contributed by atoms with E-state index in [1.54, 1.807) is 53.8 Å². The van der Waals surface area contributed by atoms with Crippen LogP contribution >= 0.6 is 11.3 Å². The highest BCUT2D eigenvalue weighted by molar-refractivity contribution is 7.09. The van der Waals surface area contributed by atoms with Crippen molar-refractivity contribution in [2.24, 2.45) is 5.41 Å². The van der Waals surface area contributed by atoms with Gasteiger partial charge in [0, 0.05) is 32.5 Å². The number of nitrogens with zero attached hydrogens (tertiary/aromatic N) is 1. The molecule has 0 radical (unpaired) electrons. The summed E-state index contributed by atoms with van der Waals surface area (Å²) in [6, 6.07) is 15.8. The molecule has 1 fully saturated rings. The molecule has 0 atom stereocenters. The summed E-state index contributed by atoms with van der Waals surface area (Å²) >= 11 is 1.58. The molecular weight excluding hydrogens is 450 g/mol. The topological polar surface area (TPSA) is 116 Å². The van der Waals surface area contributed by atoms with Crippen LogP contribution in [0, 0.1) is 5.41 Å². The number of carbonyl (C=O) groups excluding carboxylic acids is 3. The second-order valence-corrected chi connectivity index (χ2v) is 9.67. The fourth-order valence-corrected chi connectivity index (χ4v) is 4.16. The number of fused-ring (bicyclic) bond motifs is 1. The van der Waals surface area contributed by atoms with Crippen LogP contribution in [-0.2, 0) is 11.3 Å². The van der Waals surface area contributed by atoms with Gasteiger partial charge in [0.1, 0.15) is 0 Å². The lowest BCUT2D eigenvalue weighted by molar-refractivity contribution is -0.120. The van der Waals surface area contributed by atoms with E-state index in [4.69, 9.17) is 0 Å². The summed E-state index contributed by atoms with van der Waals surface area (Å²) in [7, 11) is 0. The van der Waals surface area contributed by atoms with E-state index in [1.807, 2.05) is 24.4 Å². The van der Waals surface area contributed by atoms with Crippen LogP contribution in [0.5, 0.6) is 0 Å². The van der Waals surface area contributed by atoms with E-state index < -0.39 is 0 Å². The molecule has 34 heavy (non-hydrogen) atoms. The fraction of sp³-hybridized carbons (Fsp3) is 0.200. The smallest absolute Gasteiger partial charge is 0.256 e. The van der Waals surface area contributed by atoms with Gasteiger partial charge in [-0.25, -0.2) is 0 Å². The van der Waals surface area contributed by atoms with E-state index in [-0.39, 0.29) is 23.1 Å². The SMILES string of the molecule is CC1(C(=O)Nc2ccc(C(=O)Nc3n[nH]c4ccc(C(=O)NCc5cccs5)cc34)cc2)CC1. The molecule has 2 aromatic heterocycles. The highest BCUT2D eigenvalue weighted by atomic mass is 32.1. The number of amides is 3. The van der Waals surface area contributed by atoms with Crippen molar-refractivity contribution in [1.29, 1.82) is 0 Å². The van der Waals surface area contributed by atoms with Gasteiger partial charge in [-0.1, -0.05) is 13.0 Å². The third-order valence-electron chi connectivity index (χ3n) is 6.01. The van der Waals surface area contributed by atoms with Crippen molar-refractivity contribution in [3.05, 3.63) is 76.0 Å². The Morgan fingerprint density at radius 3 is 2.47 bits per heavy atom. The Morgan fingerprint density at radius 2 is 1.76 bits per heavy atom. The van der Waals surface area contributed by atoms with Crippen molar-refractivity contribution in [3.63, 3.8) is 0 Å². The van der Waals surface area contributed by atoms with Gasteiger partial charge in [0.15, 0.2) is 5.82 Å². The number of benzene rings is 2. The number of thiophene rings is 1. The van der Waals surface area contributed by atoms with Crippen LogP contribution in [-0.4, -0.2) is 27.9 Å². The summed E-state index contributed by atoms with van der Waals surface area (Å²) in [6.07, 6.45) is 1.80. The first kappa shape index (κ1) is 21.8. The Labute approximate surface area is 199 Å². The number of anilines is 2. The lowest BCUT2D eigenvalue weighted by Gasteiger charge is -2.10. The molecule has 8 nitrogen and oxygen atoms in total. The molecule has 0 bridgehead atoms. The number of rotatable bonds is 7. The number of hydrogen-bond acceptors (Lipinski definition) is 5. The first-order chi connectivity index (χ1) is 16.4. The van der Waals surface area contributed by atoms with Crippen LogP contribution < -0.4 is 16.0 Å². The molecule has 3 amide bonds. The molecule has 2 heterocycles. The first-order valence-corrected chi connectivity index (χ1v) is 11.8. The number of nitrogens with one attached hydrogen (secondary N) is 4. The Kier molecular flexibility index (Phi) is 5.62. The van der Waals surface area contributed by atoms with Gasteiger partial charge in [-0.15, -0.1) is 11.3 Å². The lowest BCUT2D eigenvalue weighted by atomic mass is 10.1. The fourth-order valence-electron chi connectivity index (χ4n) is 3.51. The Bertz CT molecular complexity index is 1370. The molecule has 1 saturated carbocycles. The van der Waals surface area contributed by atoms with Crippen LogP contribution in [0.25, 0.3) is 10.9 Å². The minimum Gasteiger partial charge on any atom is -0.347 e. The highest BCUT2D eigenvalue weighted by Crippen LogP contribution is 2.45. The van der Waals surface area contributed by atoms with E-state index in [1.165, 1.54) is 0 Å². The largest absolute Gasteiger partial charge is 0.347 e. The van der Waals surface area contributed by atoms with E-state index in [0.29, 0.717) is 40.1 Å². The van der Waals surface area contributed by atoms with E-state index >= 15 is 0 Å². The molecule has 0 spiro atoms. The monoisotopic (exact) mass is 473 g/mol. The molecule has 9 heteroatoms. The van der Waals surface area contributed by atoms with Crippen molar-refractivity contribution < 1.29 is 14.4 Å². The third-order valence-corrected chi connectivity index (χ3v) is 6.89. The zero-order valence-corrected chi connectivity index (χ0v) is 19.3. The van der Waals surface area contributed by atoms with Crippen molar-refractivity contribution in [3.8, 4) is 0 Å². The molecule has 5 rings (SSSR count). The predicted molar refractivity (Wildman–Crippen MR) is 132 cm³/mol. The van der Waals surface area contributed by atoms with Crippen LogP contribution in [0.1, 0.15) is 45.4 Å². The molecule has 4 N–H and O–H groups in total. The van der Waals surface area contributed by atoms with Crippen LogP contribution in [0.15, 0.2) is 60.0 Å². The molecule has 0 aliphatic heterocycles. The van der Waals surface area contributed by atoms with Crippen LogP contribution in [0.4, 0.5) is 11.5 Å². The summed E-state index contributed by atoms with van der Waals surface area (Å²) in [6.45, 7) is 2.40. The average molecular weight is 474 g/mol. The molecule has 4 aromatic rings. The second-order valence-electron chi connectivity index (χ2n) is 8.64. The molecule has 0 unspecified atom stereocenters. The standard InChI is InChI=1S/C25H23N5O3S/c1-25(10-11-25)24(33)27-17-7-4-15(5-8-17)23(32)28-21-19-13-16(6-9-20(19)29-30-21)22(31)26-14-18-3-2-12-34-18/h2-9,12-13H,10-11,14H2,1H3,(H,26,31)(H,27,33)(H2,28,29,30,32). The lowest BCUT2D eigenvalue weighted by Crippen LogP contribution is -2.22. The zero-order valence-electron chi connectivity index (χ0n) is 18.5. The van der Waals surface area contributed by atoms with Gasteiger partial charge in [-0.2, -0.15) is 5.10 Å². The summed E-state index contributed by atoms with van der Waals surface area (Å²) in [5, 5.41) is 18.3. The van der Waals surface area contributed by atoms with Gasteiger partial charge in [0.05, 0.1) is 12.1 Å². The maximum atomic E-state index is 12.8. The summed E-state index contributed by atoms with van der Waals surface area (Å²) in [5.74, 6) is -0.200. The van der Waals surface area contributed by atoms with E-state index in [9.17, 15) is 14.4 Å². The quantitative estimate of drug-likeness (QED) is 0.315. The minimum absolute atomic E-state index is 0.00271. The molecule has 172 valence electrons. The second kappa shape index (κ2) is 8.75. The zero-order chi connectivity index (χ0) is 23.7. The molecule has 1 aliphatic carbocycles. The molecule has 2 aromatic carbocycles. The van der Waals surface area contributed by atoms with Gasteiger partial charge in [-0.3, -0.25) is 19.5 Å². The van der Waals surface area contributed by atoms with Crippen molar-refractivity contribution in [2.75, 3.05) is 10.6 Å². The maximum Gasteiger partial charge on any atom is 0.256 e. The molecule has 0 saturated heterocycles. The van der Waals surface area contributed by atoms with Crippen molar-refractivity contribution in [2.45, 2.75) is 26.3 Å². The normalized spacial score (nSPS) is 13.9. The average Bonchev–Trinajstić information content (AvgIpc) is 3.23. The van der Waals surface area contributed by atoms with E-state index in [0.717, 1.165) is 17.7 Å². The molecular formula is C25H23N5O3S. The molecule has 1 aliphatic rings. The number of carbonyl (C=O) groups is 3. The Morgan fingerprint density at radius 1 is 1.00 bits per heavy atom.